The quantitative estimate of drug-likeness (QED) is 0.431. The molecular formula is C20H21NO7. The second-order valence-corrected chi connectivity index (χ2v) is 7.32. The van der Waals surface area contributed by atoms with E-state index < -0.39 is 24.4 Å². The molecule has 1 aromatic carbocycles. The van der Waals surface area contributed by atoms with Crippen molar-refractivity contribution in [3.8, 4) is 11.5 Å². The molecule has 1 saturated heterocycles. The van der Waals surface area contributed by atoms with Crippen molar-refractivity contribution in [2.45, 2.75) is 38.6 Å². The number of rotatable bonds is 5. The highest BCUT2D eigenvalue weighted by molar-refractivity contribution is 6.08. The van der Waals surface area contributed by atoms with Crippen LogP contribution in [0.2, 0.25) is 0 Å². The van der Waals surface area contributed by atoms with Crippen LogP contribution in [-0.2, 0) is 19.1 Å². The largest absolute Gasteiger partial charge is 0.456 e. The molecule has 0 unspecified atom stereocenters. The van der Waals surface area contributed by atoms with Gasteiger partial charge in [-0.25, -0.2) is 4.79 Å². The first kappa shape index (κ1) is 18.5. The smallest absolute Gasteiger partial charge is 0.329 e. The summed E-state index contributed by atoms with van der Waals surface area (Å²) < 4.78 is 15.5. The van der Waals surface area contributed by atoms with Crippen LogP contribution in [0.5, 0.6) is 11.5 Å². The highest BCUT2D eigenvalue weighted by Crippen LogP contribution is 2.39. The monoisotopic (exact) mass is 387 g/mol. The van der Waals surface area contributed by atoms with E-state index in [-0.39, 0.29) is 30.4 Å². The first-order chi connectivity index (χ1) is 13.5. The fraction of sp³-hybridized carbons (Fsp3) is 0.500. The molecule has 8 heteroatoms. The molecule has 2 heterocycles. The van der Waals surface area contributed by atoms with Crippen LogP contribution in [0.25, 0.3) is 0 Å². The van der Waals surface area contributed by atoms with Crippen molar-refractivity contribution in [2.75, 3.05) is 13.4 Å². The molecular weight excluding hydrogens is 366 g/mol. The summed E-state index contributed by atoms with van der Waals surface area (Å²) in [5.41, 5.74) is 0.323. The number of likely N-dealkylation sites (tertiary alicyclic amines) is 1. The molecule has 1 aliphatic carbocycles. The Morgan fingerprint density at radius 2 is 1.75 bits per heavy atom. The van der Waals surface area contributed by atoms with Crippen molar-refractivity contribution >= 4 is 23.6 Å². The zero-order valence-corrected chi connectivity index (χ0v) is 15.5. The Morgan fingerprint density at radius 3 is 2.43 bits per heavy atom. The minimum atomic E-state index is -1.05. The fourth-order valence-electron chi connectivity index (χ4n) is 4.09. The Bertz CT molecular complexity index is 825. The summed E-state index contributed by atoms with van der Waals surface area (Å²) in [5, 5.41) is 0. The third kappa shape index (κ3) is 3.12. The molecule has 0 radical (unpaired) electrons. The number of amides is 2. The van der Waals surface area contributed by atoms with Gasteiger partial charge in [0.1, 0.15) is 6.04 Å². The van der Waals surface area contributed by atoms with Gasteiger partial charge < -0.3 is 14.2 Å². The lowest BCUT2D eigenvalue weighted by atomic mass is 9.81. The molecule has 1 aromatic rings. The van der Waals surface area contributed by atoms with Gasteiger partial charge in [-0.15, -0.1) is 0 Å². The standard InChI is InChI=1S/C20H21NO7/c1-11(21-18(23)13-4-2-3-5-14(13)19(21)24)20(25)26-9-15(22)12-6-7-16-17(8-12)28-10-27-16/h6-8,11,13-14H,2-5,9-10H2,1H3/t11-,13-,14-/m0/s1. The highest BCUT2D eigenvalue weighted by atomic mass is 16.7. The minimum Gasteiger partial charge on any atom is -0.456 e. The molecule has 0 aromatic heterocycles. The molecule has 3 atom stereocenters. The number of carbonyl (C=O) groups is 4. The van der Waals surface area contributed by atoms with Gasteiger partial charge in [0.2, 0.25) is 18.6 Å². The van der Waals surface area contributed by atoms with Gasteiger partial charge in [0.25, 0.3) is 0 Å². The zero-order chi connectivity index (χ0) is 19.8. The zero-order valence-electron chi connectivity index (χ0n) is 15.5. The number of carbonyl (C=O) groups excluding carboxylic acids is 4. The predicted octanol–water partition coefficient (Wildman–Crippen LogP) is 1.70. The van der Waals surface area contributed by atoms with Crippen LogP contribution >= 0.6 is 0 Å². The Kier molecular flexibility index (Phi) is 4.78. The van der Waals surface area contributed by atoms with E-state index in [0.717, 1.165) is 17.7 Å². The molecule has 28 heavy (non-hydrogen) atoms. The second kappa shape index (κ2) is 7.26. The summed E-state index contributed by atoms with van der Waals surface area (Å²) in [6.07, 6.45) is 3.18. The third-order valence-corrected chi connectivity index (χ3v) is 5.64. The maximum atomic E-state index is 12.6. The molecule has 8 nitrogen and oxygen atoms in total. The number of hydrogen-bond acceptors (Lipinski definition) is 7. The van der Waals surface area contributed by atoms with Crippen LogP contribution < -0.4 is 9.47 Å². The number of benzene rings is 1. The van der Waals surface area contributed by atoms with E-state index in [9.17, 15) is 19.2 Å². The normalized spacial score (nSPS) is 24.1. The molecule has 0 N–H and O–H groups in total. The Balaban J connectivity index is 1.37. The Labute approximate surface area is 161 Å². The highest BCUT2D eigenvalue weighted by Gasteiger charge is 2.51. The molecule has 3 aliphatic rings. The van der Waals surface area contributed by atoms with Gasteiger partial charge in [-0.2, -0.15) is 0 Å². The first-order valence-electron chi connectivity index (χ1n) is 9.44. The van der Waals surface area contributed by atoms with Gasteiger partial charge in [-0.1, -0.05) is 12.8 Å². The number of ketones is 1. The van der Waals surface area contributed by atoms with Gasteiger partial charge in [0.15, 0.2) is 23.9 Å². The average Bonchev–Trinajstić information content (AvgIpc) is 3.28. The van der Waals surface area contributed by atoms with Crippen molar-refractivity contribution in [2.24, 2.45) is 11.8 Å². The van der Waals surface area contributed by atoms with E-state index in [1.54, 1.807) is 12.1 Å². The van der Waals surface area contributed by atoms with Crippen molar-refractivity contribution < 1.29 is 33.4 Å². The molecule has 2 amide bonds. The predicted molar refractivity (Wildman–Crippen MR) is 94.6 cm³/mol. The van der Waals surface area contributed by atoms with Crippen molar-refractivity contribution in [3.63, 3.8) is 0 Å². The van der Waals surface area contributed by atoms with Crippen LogP contribution in [0.1, 0.15) is 43.0 Å². The van der Waals surface area contributed by atoms with Gasteiger partial charge in [0.05, 0.1) is 11.8 Å². The maximum Gasteiger partial charge on any atom is 0.329 e. The molecule has 148 valence electrons. The van der Waals surface area contributed by atoms with Crippen molar-refractivity contribution in [1.29, 1.82) is 0 Å². The number of ether oxygens (including phenoxy) is 3. The van der Waals surface area contributed by atoms with Crippen LogP contribution in [0.15, 0.2) is 18.2 Å². The topological polar surface area (TPSA) is 99.2 Å². The lowest BCUT2D eigenvalue weighted by Gasteiger charge is -2.21. The number of fused-ring (bicyclic) bond motifs is 2. The third-order valence-electron chi connectivity index (χ3n) is 5.64. The summed E-state index contributed by atoms with van der Waals surface area (Å²) in [4.78, 5) is 50.8. The van der Waals surface area contributed by atoms with Gasteiger partial charge in [-0.3, -0.25) is 19.3 Å². The van der Waals surface area contributed by atoms with Crippen LogP contribution in [-0.4, -0.2) is 47.9 Å². The number of imide groups is 1. The maximum absolute atomic E-state index is 12.6. The summed E-state index contributed by atoms with van der Waals surface area (Å²) in [6, 6.07) is 3.66. The van der Waals surface area contributed by atoms with E-state index in [1.807, 2.05) is 0 Å². The summed E-state index contributed by atoms with van der Waals surface area (Å²) >= 11 is 0. The van der Waals surface area contributed by atoms with E-state index in [0.29, 0.717) is 29.9 Å². The average molecular weight is 387 g/mol. The Morgan fingerprint density at radius 1 is 1.11 bits per heavy atom. The molecule has 4 rings (SSSR count). The SMILES string of the molecule is C[C@@H](C(=O)OCC(=O)c1ccc2c(c1)OCO2)N1C(=O)[C@H]2CCCC[C@@H]2C1=O. The molecule has 0 bridgehead atoms. The summed E-state index contributed by atoms with van der Waals surface area (Å²) in [7, 11) is 0. The number of Topliss-reactive ketones (excluding diaryl/α,β-unsaturated/α-hetero) is 1. The summed E-state index contributed by atoms with van der Waals surface area (Å²) in [5.74, 6) is -1.43. The molecule has 2 fully saturated rings. The van der Waals surface area contributed by atoms with Crippen LogP contribution in [0.4, 0.5) is 0 Å². The molecule has 0 spiro atoms. The fourth-order valence-corrected chi connectivity index (χ4v) is 4.09. The number of esters is 1. The van der Waals surface area contributed by atoms with E-state index in [2.05, 4.69) is 0 Å². The van der Waals surface area contributed by atoms with Crippen molar-refractivity contribution in [3.05, 3.63) is 23.8 Å². The van der Waals surface area contributed by atoms with Crippen LogP contribution in [0.3, 0.4) is 0 Å². The number of hydrogen-bond donors (Lipinski definition) is 0. The second-order valence-electron chi connectivity index (χ2n) is 7.32. The van der Waals surface area contributed by atoms with Gasteiger partial charge in [0, 0.05) is 5.56 Å². The van der Waals surface area contributed by atoms with E-state index in [1.165, 1.54) is 13.0 Å². The van der Waals surface area contributed by atoms with Gasteiger partial charge >= 0.3 is 5.97 Å². The molecule has 2 aliphatic heterocycles. The van der Waals surface area contributed by atoms with Crippen LogP contribution in [0, 0.1) is 11.8 Å². The van der Waals surface area contributed by atoms with E-state index in [4.69, 9.17) is 14.2 Å². The molecule has 1 saturated carbocycles. The van der Waals surface area contributed by atoms with Crippen molar-refractivity contribution in [1.82, 2.24) is 4.90 Å². The Hall–Kier alpha value is -2.90. The minimum absolute atomic E-state index is 0.0966. The van der Waals surface area contributed by atoms with E-state index >= 15 is 0 Å². The lowest BCUT2D eigenvalue weighted by molar-refractivity contribution is -0.157. The summed E-state index contributed by atoms with van der Waals surface area (Å²) in [6.45, 7) is 1.08. The first-order valence-corrected chi connectivity index (χ1v) is 9.44. The number of nitrogens with zero attached hydrogens (tertiary/aromatic N) is 1. The van der Waals surface area contributed by atoms with Gasteiger partial charge in [-0.05, 0) is 38.0 Å². The lowest BCUT2D eigenvalue weighted by Crippen LogP contribution is -2.44.